The van der Waals surface area contributed by atoms with Crippen molar-refractivity contribution in [3.63, 3.8) is 0 Å². The standard InChI is InChI=1S/C55H70N4O7/c1-33(61)29-57-30-47-42-9-6-7-35(42)15-19-48-46(47)28-50(59-48)52(63)32-65-54-23-34(12-20-51(54)62)11-16-41-25-39(31-60)53(66-41)10-5-3-2-4-8-40(56)24-38-14-17-43-44(55(38)64)18-13-36-27-49-37(21-22-58-49)26-45(36)43/h12-14,17-18,20-21,23,25-28,33,35,38,40,42,47,52-53,55,57,60-64H,2-11,15-16,19,22,24,29-32,56H2,1H3. The minimum atomic E-state index is -0.943. The molecule has 0 amide bonds. The number of aliphatic imine (C=N–C) groups is 1. The molecule has 0 bridgehead atoms. The molecular weight excluding hydrogens is 829 g/mol. The number of unbranched alkanes of at least 4 members (excludes halogenated alkanes) is 3. The number of nitrogens with zero attached hydrogens (tertiary/aromatic N) is 2. The van der Waals surface area contributed by atoms with Crippen molar-refractivity contribution < 1.29 is 35.0 Å². The summed E-state index contributed by atoms with van der Waals surface area (Å²) in [5.41, 5.74) is 12.0. The molecule has 3 heterocycles. The van der Waals surface area contributed by atoms with Crippen molar-refractivity contribution >= 4 is 28.6 Å². The highest BCUT2D eigenvalue weighted by molar-refractivity contribution is 6.04. The molecule has 8 N–H and O–H groups in total. The molecule has 3 aliphatic heterocycles. The van der Waals surface area contributed by atoms with Crippen LogP contribution in [0.2, 0.25) is 0 Å². The molecule has 0 saturated heterocycles. The minimum absolute atomic E-state index is 0.00673. The number of ether oxygens (including phenoxy) is 2. The van der Waals surface area contributed by atoms with E-state index in [1.54, 1.807) is 13.0 Å². The third-order valence-electron chi connectivity index (χ3n) is 15.2. The lowest BCUT2D eigenvalue weighted by Crippen LogP contribution is -2.34. The van der Waals surface area contributed by atoms with Crippen LogP contribution in [0, 0.1) is 35.6 Å². The van der Waals surface area contributed by atoms with Gasteiger partial charge in [0.2, 0.25) is 0 Å². The third-order valence-corrected chi connectivity index (χ3v) is 15.2. The average Bonchev–Trinajstić information content (AvgIpc) is 4.14. The summed E-state index contributed by atoms with van der Waals surface area (Å²) >= 11 is 0. The molecule has 3 aromatic rings. The molecule has 3 aromatic carbocycles. The molecular formula is C55H70N4O7. The molecule has 3 aliphatic carbocycles. The summed E-state index contributed by atoms with van der Waals surface area (Å²) in [4.78, 5) is 9.49. The van der Waals surface area contributed by atoms with Crippen LogP contribution in [0.5, 0.6) is 11.5 Å². The Morgan fingerprint density at radius 2 is 1.92 bits per heavy atom. The second-order valence-corrected chi connectivity index (χ2v) is 19.9. The van der Waals surface area contributed by atoms with E-state index < -0.39 is 18.3 Å². The number of fused-ring (bicyclic) bond motifs is 6. The predicted octanol–water partition coefficient (Wildman–Crippen LogP) is 6.63. The minimum Gasteiger partial charge on any atom is -0.592 e. The maximum atomic E-state index is 11.4. The molecule has 2 saturated carbocycles. The molecule has 66 heavy (non-hydrogen) atoms. The number of aliphatic hydroxyl groups excluding tert-OH is 4. The van der Waals surface area contributed by atoms with Crippen molar-refractivity contribution in [2.24, 2.45) is 39.4 Å². The zero-order valence-electron chi connectivity index (χ0n) is 38.6. The Labute approximate surface area is 389 Å². The highest BCUT2D eigenvalue weighted by atomic mass is 16.5. The highest BCUT2D eigenvalue weighted by Gasteiger charge is 2.47. The fourth-order valence-corrected chi connectivity index (χ4v) is 11.6. The Morgan fingerprint density at radius 1 is 1.05 bits per heavy atom. The molecule has 9 atom stereocenters. The fraction of sp³-hybridized carbons (Fsp3) is 0.527. The Bertz CT molecular complexity index is 2440. The van der Waals surface area contributed by atoms with E-state index in [2.05, 4.69) is 58.9 Å². The van der Waals surface area contributed by atoms with Crippen LogP contribution in [0.4, 0.5) is 0 Å². The van der Waals surface area contributed by atoms with Crippen LogP contribution in [0.1, 0.15) is 113 Å². The third kappa shape index (κ3) is 10.6. The largest absolute Gasteiger partial charge is 0.592 e. The van der Waals surface area contributed by atoms with Gasteiger partial charge in [-0.15, -0.1) is 4.99 Å². The summed E-state index contributed by atoms with van der Waals surface area (Å²) in [5.74, 6) is 3.67. The van der Waals surface area contributed by atoms with Gasteiger partial charge >= 0.3 is 0 Å². The summed E-state index contributed by atoms with van der Waals surface area (Å²) in [6.45, 7) is 3.80. The highest BCUT2D eigenvalue weighted by Crippen LogP contribution is 2.47. The van der Waals surface area contributed by atoms with Gasteiger partial charge < -0.3 is 46.1 Å². The summed E-state index contributed by atoms with van der Waals surface area (Å²) in [5, 5.41) is 61.4. The lowest BCUT2D eigenvalue weighted by molar-refractivity contribution is 0.120. The monoisotopic (exact) mass is 899 g/mol. The molecule has 2 fully saturated rings. The van der Waals surface area contributed by atoms with Crippen LogP contribution < -0.4 is 26.4 Å². The Balaban J connectivity index is 0.689. The first-order chi connectivity index (χ1) is 32.1. The number of hydrogen-bond acceptors (Lipinski definition) is 11. The Kier molecular flexibility index (Phi) is 14.9. The Hall–Kier alpha value is -4.62. The smallest absolute Gasteiger partial charge is 0.189 e. The number of aromatic hydroxyl groups is 1. The van der Waals surface area contributed by atoms with E-state index in [-0.39, 0.29) is 37.0 Å². The van der Waals surface area contributed by atoms with Crippen molar-refractivity contribution in [1.29, 1.82) is 0 Å². The number of rotatable bonds is 21. The van der Waals surface area contributed by atoms with Gasteiger partial charge in [-0.05, 0) is 114 Å². The van der Waals surface area contributed by atoms with Gasteiger partial charge in [0.05, 0.1) is 36.1 Å². The molecule has 9 rings (SSSR count). The lowest BCUT2D eigenvalue weighted by atomic mass is 9.80. The zero-order valence-corrected chi connectivity index (χ0v) is 38.6. The molecule has 0 aromatic heterocycles. The SMILES string of the molecule is CC(O)CNCC1C2=C[C+](C(O)COc3cc(CCC4=C[C-](CO)C(CCCCCCC(N)CC5C=Cc6c(ccc7cc8c(cc67)=CCN=8)C5O)O4)ccc3O)N=C2CCC2CCCC21. The molecule has 11 heteroatoms. The quantitative estimate of drug-likeness (QED) is 0.0457. The van der Waals surface area contributed by atoms with E-state index in [4.69, 9.17) is 20.2 Å². The van der Waals surface area contributed by atoms with Gasteiger partial charge in [-0.1, -0.05) is 87.1 Å². The fourth-order valence-electron chi connectivity index (χ4n) is 11.6. The van der Waals surface area contributed by atoms with Crippen LogP contribution in [-0.4, -0.2) is 88.4 Å². The second kappa shape index (κ2) is 21.1. The van der Waals surface area contributed by atoms with Gasteiger partial charge in [0.25, 0.3) is 0 Å². The summed E-state index contributed by atoms with van der Waals surface area (Å²) in [7, 11) is 0. The van der Waals surface area contributed by atoms with Crippen LogP contribution >= 0.6 is 0 Å². The summed E-state index contributed by atoms with van der Waals surface area (Å²) in [6.07, 6.45) is 22.2. The number of allylic oxidation sites excluding steroid dienone is 1. The number of phenols is 1. The number of benzene rings is 3. The van der Waals surface area contributed by atoms with E-state index in [9.17, 15) is 25.5 Å². The average molecular weight is 899 g/mol. The van der Waals surface area contributed by atoms with Gasteiger partial charge in [-0.2, -0.15) is 12.0 Å². The van der Waals surface area contributed by atoms with Crippen molar-refractivity contribution in [3.05, 3.63) is 111 Å². The van der Waals surface area contributed by atoms with Gasteiger partial charge in [0, 0.05) is 44.2 Å². The normalized spacial score (nSPS) is 25.4. The Morgan fingerprint density at radius 3 is 2.79 bits per heavy atom. The van der Waals surface area contributed by atoms with E-state index in [0.29, 0.717) is 48.9 Å². The van der Waals surface area contributed by atoms with Crippen molar-refractivity contribution in [3.8, 4) is 11.5 Å². The maximum absolute atomic E-state index is 11.4. The van der Waals surface area contributed by atoms with Crippen LogP contribution in [0.25, 0.3) is 22.9 Å². The van der Waals surface area contributed by atoms with E-state index in [1.807, 2.05) is 18.2 Å². The number of hydrogen-bond donors (Lipinski definition) is 7. The second-order valence-electron chi connectivity index (χ2n) is 19.9. The first-order valence-corrected chi connectivity index (χ1v) is 24.9. The van der Waals surface area contributed by atoms with Crippen LogP contribution in [0.3, 0.4) is 0 Å². The van der Waals surface area contributed by atoms with Gasteiger partial charge in [0.1, 0.15) is 12.2 Å². The predicted molar refractivity (Wildman–Crippen MR) is 260 cm³/mol. The molecule has 0 radical (unpaired) electrons. The molecule has 11 nitrogen and oxygen atoms in total. The topological polar surface area (TPSA) is 182 Å². The molecule has 352 valence electrons. The zero-order chi connectivity index (χ0) is 45.7. The molecule has 9 unspecified atom stereocenters. The number of nitrogens with one attached hydrogen (secondary N) is 1. The lowest BCUT2D eigenvalue weighted by Gasteiger charge is -2.28. The van der Waals surface area contributed by atoms with E-state index >= 15 is 0 Å². The van der Waals surface area contributed by atoms with Crippen LogP contribution in [0.15, 0.2) is 82.0 Å². The van der Waals surface area contributed by atoms with Crippen molar-refractivity contribution in [1.82, 2.24) is 5.32 Å². The number of aryl methyl sites for hydroxylation is 1. The maximum Gasteiger partial charge on any atom is 0.189 e. The first-order valence-electron chi connectivity index (χ1n) is 24.9. The van der Waals surface area contributed by atoms with Crippen molar-refractivity contribution in [2.75, 3.05) is 32.8 Å². The van der Waals surface area contributed by atoms with E-state index in [1.165, 1.54) is 30.1 Å². The summed E-state index contributed by atoms with van der Waals surface area (Å²) < 4.78 is 12.4. The van der Waals surface area contributed by atoms with Gasteiger partial charge in [-0.25, -0.2) is 0 Å². The number of nitrogens with two attached hydrogens (primary N) is 1. The van der Waals surface area contributed by atoms with Crippen LogP contribution in [-0.2, 0) is 11.2 Å². The van der Waals surface area contributed by atoms with E-state index in [0.717, 1.165) is 121 Å². The summed E-state index contributed by atoms with van der Waals surface area (Å²) in [6, 6.07) is 14.5. The van der Waals surface area contributed by atoms with Gasteiger partial charge in [0.15, 0.2) is 29.4 Å². The number of phenolic OH excluding ortho intramolecular Hbond substituents is 1. The molecule has 6 aliphatic rings. The molecule has 0 spiro atoms. The van der Waals surface area contributed by atoms with Gasteiger partial charge in [-0.3, -0.25) is 4.99 Å². The number of aliphatic hydroxyl groups is 4. The van der Waals surface area contributed by atoms with Crippen molar-refractivity contribution in [2.45, 2.75) is 127 Å². The first kappa shape index (κ1) is 46.5.